The Hall–Kier alpha value is -1.96. The zero-order chi connectivity index (χ0) is 18.0. The van der Waals surface area contributed by atoms with Crippen LogP contribution in [0.15, 0.2) is 47.4 Å². The van der Waals surface area contributed by atoms with E-state index in [0.29, 0.717) is 24.4 Å². The Bertz CT molecular complexity index is 870. The fourth-order valence-electron chi connectivity index (χ4n) is 3.12. The molecule has 0 aliphatic carbocycles. The van der Waals surface area contributed by atoms with E-state index in [1.54, 1.807) is 25.3 Å². The first-order valence-corrected chi connectivity index (χ1v) is 9.50. The number of rotatable bonds is 5. The molecule has 0 spiro atoms. The molecule has 0 amide bonds. The van der Waals surface area contributed by atoms with E-state index in [4.69, 9.17) is 4.74 Å². The van der Waals surface area contributed by atoms with Crippen LogP contribution in [0.5, 0.6) is 0 Å². The molecule has 1 atom stereocenters. The van der Waals surface area contributed by atoms with E-state index in [1.165, 1.54) is 17.4 Å². The summed E-state index contributed by atoms with van der Waals surface area (Å²) in [6.45, 7) is 1.25. The smallest absolute Gasteiger partial charge is 0.264 e. The maximum Gasteiger partial charge on any atom is 0.264 e. The molecule has 5 nitrogen and oxygen atoms in total. The number of nitrogens with one attached hydrogen (secondary N) is 1. The van der Waals surface area contributed by atoms with Crippen molar-refractivity contribution in [2.24, 2.45) is 0 Å². The Kier molecular flexibility index (Phi) is 5.08. The van der Waals surface area contributed by atoms with E-state index < -0.39 is 15.8 Å². The van der Waals surface area contributed by atoms with Crippen LogP contribution in [0, 0.1) is 5.82 Å². The summed E-state index contributed by atoms with van der Waals surface area (Å²) >= 11 is 0. The van der Waals surface area contributed by atoms with Gasteiger partial charge in [0, 0.05) is 20.8 Å². The molecule has 2 aromatic rings. The van der Waals surface area contributed by atoms with Gasteiger partial charge in [-0.2, -0.15) is 0 Å². The van der Waals surface area contributed by atoms with Crippen LogP contribution in [0.25, 0.3) is 0 Å². The van der Waals surface area contributed by atoms with Gasteiger partial charge in [0.15, 0.2) is 0 Å². The van der Waals surface area contributed by atoms with Gasteiger partial charge in [0.2, 0.25) is 0 Å². The molecule has 0 bridgehead atoms. The fourth-order valence-corrected chi connectivity index (χ4v) is 4.58. The third kappa shape index (κ3) is 3.27. The molecule has 25 heavy (non-hydrogen) atoms. The maximum atomic E-state index is 13.8. The number of hydrogen-bond acceptors (Lipinski definition) is 4. The minimum absolute atomic E-state index is 0.00422. The predicted octanol–water partition coefficient (Wildman–Crippen LogP) is 2.68. The first-order chi connectivity index (χ1) is 12.0. The topological polar surface area (TPSA) is 58.6 Å². The summed E-state index contributed by atoms with van der Waals surface area (Å²) in [5, 5.41) is 3.39. The monoisotopic (exact) mass is 364 g/mol. The molecule has 7 heteroatoms. The molecule has 2 aromatic carbocycles. The number of nitrogens with zero attached hydrogens (tertiary/aromatic N) is 1. The van der Waals surface area contributed by atoms with Crippen molar-refractivity contribution in [2.45, 2.75) is 17.4 Å². The van der Waals surface area contributed by atoms with Crippen molar-refractivity contribution < 1.29 is 17.5 Å². The number of benzene rings is 2. The lowest BCUT2D eigenvalue weighted by Crippen LogP contribution is -2.26. The minimum atomic E-state index is -3.83. The Morgan fingerprint density at radius 1 is 1.20 bits per heavy atom. The molecule has 0 saturated carbocycles. The Morgan fingerprint density at radius 2 is 1.96 bits per heavy atom. The van der Waals surface area contributed by atoms with Gasteiger partial charge in [-0.05, 0) is 42.3 Å². The van der Waals surface area contributed by atoms with Gasteiger partial charge in [0.25, 0.3) is 10.0 Å². The molecule has 134 valence electrons. The van der Waals surface area contributed by atoms with Gasteiger partial charge in [-0.3, -0.25) is 4.31 Å². The third-order valence-corrected chi connectivity index (χ3v) is 6.21. The van der Waals surface area contributed by atoms with Crippen LogP contribution in [0.3, 0.4) is 0 Å². The zero-order valence-corrected chi connectivity index (χ0v) is 15.0. The molecule has 0 saturated heterocycles. The third-order valence-electron chi connectivity index (χ3n) is 4.39. The summed E-state index contributed by atoms with van der Waals surface area (Å²) in [6.07, 6.45) is 0.786. The fraction of sp³-hybridized carbons (Fsp3) is 0.333. The van der Waals surface area contributed by atoms with Crippen LogP contribution in [-0.2, 0) is 14.8 Å². The standard InChI is InChI=1S/C18H21FN2O3S/c1-21-16-7-4-3-6-14(16)18(20-10-5-11-24-2)15-9-8-13(19)12-17(15)25(21,22)23/h3-4,6-9,12,18,20H,5,10-11H2,1-2H3. The highest BCUT2D eigenvalue weighted by Crippen LogP contribution is 2.40. The SMILES string of the molecule is COCCCNC1c2ccccc2N(C)S(=O)(=O)c2cc(F)ccc21. The quantitative estimate of drug-likeness (QED) is 0.829. The highest BCUT2D eigenvalue weighted by atomic mass is 32.2. The van der Waals surface area contributed by atoms with Gasteiger partial charge in [-0.25, -0.2) is 12.8 Å². The average molecular weight is 364 g/mol. The normalized spacial score (nSPS) is 18.4. The Balaban J connectivity index is 2.15. The van der Waals surface area contributed by atoms with Crippen molar-refractivity contribution in [3.05, 3.63) is 59.4 Å². The van der Waals surface area contributed by atoms with Gasteiger partial charge in [0.1, 0.15) is 5.82 Å². The molecule has 3 rings (SSSR count). The van der Waals surface area contributed by atoms with E-state index in [0.717, 1.165) is 18.1 Å². The number of para-hydroxylation sites is 1. The lowest BCUT2D eigenvalue weighted by molar-refractivity contribution is 0.193. The second-order valence-corrected chi connectivity index (χ2v) is 7.88. The number of methoxy groups -OCH3 is 1. The molecule has 0 fully saturated rings. The molecule has 1 unspecified atom stereocenters. The molecule has 1 aliphatic rings. The van der Waals surface area contributed by atoms with Gasteiger partial charge in [0.05, 0.1) is 16.6 Å². The number of anilines is 1. The summed E-state index contributed by atoms with van der Waals surface area (Å²) in [7, 11) is -0.697. The molecular formula is C18H21FN2O3S. The summed E-state index contributed by atoms with van der Waals surface area (Å²) in [5.41, 5.74) is 1.98. The summed E-state index contributed by atoms with van der Waals surface area (Å²) in [4.78, 5) is -0.00422. The van der Waals surface area contributed by atoms with Gasteiger partial charge < -0.3 is 10.1 Å². The van der Waals surface area contributed by atoms with Gasteiger partial charge >= 0.3 is 0 Å². The van der Waals surface area contributed by atoms with Crippen LogP contribution in [0.4, 0.5) is 10.1 Å². The van der Waals surface area contributed by atoms with Crippen molar-refractivity contribution in [2.75, 3.05) is 31.6 Å². The van der Waals surface area contributed by atoms with Crippen LogP contribution in [0.2, 0.25) is 0 Å². The van der Waals surface area contributed by atoms with Crippen molar-refractivity contribution >= 4 is 15.7 Å². The van der Waals surface area contributed by atoms with E-state index in [1.807, 2.05) is 12.1 Å². The van der Waals surface area contributed by atoms with Gasteiger partial charge in [-0.1, -0.05) is 24.3 Å². The molecule has 0 radical (unpaired) electrons. The minimum Gasteiger partial charge on any atom is -0.385 e. The number of halogens is 1. The first kappa shape index (κ1) is 17.8. The zero-order valence-electron chi connectivity index (χ0n) is 14.2. The van der Waals surface area contributed by atoms with Crippen molar-refractivity contribution in [3.8, 4) is 0 Å². The number of hydrogen-bond donors (Lipinski definition) is 1. The lowest BCUT2D eigenvalue weighted by atomic mass is 9.96. The Labute approximate surface area is 147 Å². The van der Waals surface area contributed by atoms with E-state index in [9.17, 15) is 12.8 Å². The average Bonchev–Trinajstić information content (AvgIpc) is 2.67. The summed E-state index contributed by atoms with van der Waals surface area (Å²) in [6, 6.07) is 10.9. The Morgan fingerprint density at radius 3 is 2.72 bits per heavy atom. The second-order valence-electron chi connectivity index (χ2n) is 5.95. The molecule has 1 heterocycles. The second kappa shape index (κ2) is 7.11. The predicted molar refractivity (Wildman–Crippen MR) is 94.8 cm³/mol. The van der Waals surface area contributed by atoms with Crippen molar-refractivity contribution in [3.63, 3.8) is 0 Å². The molecule has 1 N–H and O–H groups in total. The van der Waals surface area contributed by atoms with Crippen LogP contribution in [0.1, 0.15) is 23.6 Å². The number of ether oxygens (including phenoxy) is 1. The lowest BCUT2D eigenvalue weighted by Gasteiger charge is -2.22. The largest absolute Gasteiger partial charge is 0.385 e. The van der Waals surface area contributed by atoms with Crippen molar-refractivity contribution in [1.82, 2.24) is 5.32 Å². The summed E-state index contributed by atoms with van der Waals surface area (Å²) < 4.78 is 46.0. The maximum absolute atomic E-state index is 13.8. The molecular weight excluding hydrogens is 343 g/mol. The number of sulfonamides is 1. The van der Waals surface area contributed by atoms with Gasteiger partial charge in [-0.15, -0.1) is 0 Å². The van der Waals surface area contributed by atoms with E-state index >= 15 is 0 Å². The first-order valence-electron chi connectivity index (χ1n) is 8.06. The highest BCUT2D eigenvalue weighted by molar-refractivity contribution is 7.92. The number of fused-ring (bicyclic) bond motifs is 2. The van der Waals surface area contributed by atoms with E-state index in [2.05, 4.69) is 5.32 Å². The van der Waals surface area contributed by atoms with Crippen LogP contribution in [-0.4, -0.2) is 35.7 Å². The molecule has 0 aromatic heterocycles. The van der Waals surface area contributed by atoms with Crippen molar-refractivity contribution in [1.29, 1.82) is 0 Å². The van der Waals surface area contributed by atoms with Crippen LogP contribution >= 0.6 is 0 Å². The van der Waals surface area contributed by atoms with E-state index in [-0.39, 0.29) is 10.9 Å². The highest BCUT2D eigenvalue weighted by Gasteiger charge is 2.34. The summed E-state index contributed by atoms with van der Waals surface area (Å²) in [5.74, 6) is -0.570. The molecule has 1 aliphatic heterocycles. The van der Waals surface area contributed by atoms with Crippen LogP contribution < -0.4 is 9.62 Å².